The predicted octanol–water partition coefficient (Wildman–Crippen LogP) is 4.50. The highest BCUT2D eigenvalue weighted by atomic mass is 16.5. The van der Waals surface area contributed by atoms with Crippen molar-refractivity contribution in [2.75, 3.05) is 6.61 Å². The number of carbonyl (C=O) groups is 2. The lowest BCUT2D eigenvalue weighted by atomic mass is 9.90. The largest absolute Gasteiger partial charge is 0.452 e. The number of esters is 1. The van der Waals surface area contributed by atoms with E-state index < -0.39 is 5.97 Å². The molecule has 1 saturated carbocycles. The molecule has 1 aromatic carbocycles. The quantitative estimate of drug-likeness (QED) is 0.775. The Bertz CT molecular complexity index is 885. The number of ether oxygens (including phenoxy) is 1. The second kappa shape index (κ2) is 9.38. The first-order chi connectivity index (χ1) is 14.2. The molecule has 1 N–H and O–H groups in total. The summed E-state index contributed by atoms with van der Waals surface area (Å²) in [5, 5.41) is 3.88. The molecule has 2 aliphatic rings. The van der Waals surface area contributed by atoms with Gasteiger partial charge in [-0.3, -0.25) is 9.78 Å². The second-order valence-corrected chi connectivity index (χ2v) is 8.32. The maximum Gasteiger partial charge on any atom is 0.339 e. The van der Waals surface area contributed by atoms with E-state index in [4.69, 9.17) is 9.72 Å². The molecular formula is C24H30N2O3. The summed E-state index contributed by atoms with van der Waals surface area (Å²) in [6.07, 6.45) is 12.0. The molecule has 154 valence electrons. The van der Waals surface area contributed by atoms with Crippen molar-refractivity contribution >= 4 is 22.8 Å². The fraction of sp³-hybridized carbons (Fsp3) is 0.542. The van der Waals surface area contributed by atoms with Gasteiger partial charge in [-0.1, -0.05) is 50.3 Å². The van der Waals surface area contributed by atoms with Gasteiger partial charge in [0.1, 0.15) is 0 Å². The zero-order valence-electron chi connectivity index (χ0n) is 17.0. The summed E-state index contributed by atoms with van der Waals surface area (Å²) in [5.74, 6) is -0.606. The molecule has 0 bridgehead atoms. The van der Waals surface area contributed by atoms with Crippen LogP contribution in [-0.2, 0) is 22.4 Å². The second-order valence-electron chi connectivity index (χ2n) is 8.32. The molecule has 1 aromatic heterocycles. The summed E-state index contributed by atoms with van der Waals surface area (Å²) in [4.78, 5) is 30.2. The summed E-state index contributed by atoms with van der Waals surface area (Å²) < 4.78 is 5.48. The highest BCUT2D eigenvalue weighted by Crippen LogP contribution is 2.29. The van der Waals surface area contributed by atoms with Crippen molar-refractivity contribution in [3.8, 4) is 0 Å². The lowest BCUT2D eigenvalue weighted by Crippen LogP contribution is -2.38. The van der Waals surface area contributed by atoms with Crippen LogP contribution in [0.5, 0.6) is 0 Å². The van der Waals surface area contributed by atoms with E-state index in [0.29, 0.717) is 5.56 Å². The van der Waals surface area contributed by atoms with E-state index in [1.54, 1.807) is 0 Å². The molecule has 2 aliphatic carbocycles. The van der Waals surface area contributed by atoms with Gasteiger partial charge in [-0.05, 0) is 50.2 Å². The number of amides is 1. The Morgan fingerprint density at radius 1 is 0.966 bits per heavy atom. The number of hydrogen-bond donors (Lipinski definition) is 1. The minimum atomic E-state index is -0.408. The Balaban J connectivity index is 1.45. The predicted molar refractivity (Wildman–Crippen MR) is 113 cm³/mol. The number of pyridine rings is 1. The molecule has 0 spiro atoms. The molecule has 5 nitrogen and oxygen atoms in total. The van der Waals surface area contributed by atoms with Crippen LogP contribution in [0.1, 0.15) is 79.4 Å². The van der Waals surface area contributed by atoms with Gasteiger partial charge in [0.25, 0.3) is 5.91 Å². The van der Waals surface area contributed by atoms with E-state index in [1.807, 2.05) is 24.3 Å². The molecular weight excluding hydrogens is 364 g/mol. The van der Waals surface area contributed by atoms with Crippen molar-refractivity contribution in [1.29, 1.82) is 0 Å². The number of aryl methyl sites for hydroxylation is 1. The molecule has 2 aromatic rings. The first-order valence-corrected chi connectivity index (χ1v) is 11.1. The SMILES string of the molecule is O=C(COC(=O)c1c2c(nc3ccccc13)CCCC2)NC1CCCCCCC1. The third-order valence-electron chi connectivity index (χ3n) is 6.18. The lowest BCUT2D eigenvalue weighted by Gasteiger charge is -2.21. The highest BCUT2D eigenvalue weighted by molar-refractivity contribution is 6.05. The summed E-state index contributed by atoms with van der Waals surface area (Å²) in [6.45, 7) is -0.221. The van der Waals surface area contributed by atoms with Gasteiger partial charge in [-0.2, -0.15) is 0 Å². The monoisotopic (exact) mass is 394 g/mol. The normalized spacial score (nSPS) is 17.8. The van der Waals surface area contributed by atoms with E-state index in [0.717, 1.165) is 73.5 Å². The van der Waals surface area contributed by atoms with Gasteiger partial charge in [0, 0.05) is 17.1 Å². The summed E-state index contributed by atoms with van der Waals surface area (Å²) in [5.41, 5.74) is 3.42. The molecule has 0 saturated heterocycles. The van der Waals surface area contributed by atoms with Crippen molar-refractivity contribution in [3.05, 3.63) is 41.1 Å². The molecule has 1 amide bonds. The number of hydrogen-bond acceptors (Lipinski definition) is 4. The van der Waals surface area contributed by atoms with E-state index >= 15 is 0 Å². The van der Waals surface area contributed by atoms with Crippen LogP contribution in [0.2, 0.25) is 0 Å². The van der Waals surface area contributed by atoms with Crippen LogP contribution in [-0.4, -0.2) is 29.5 Å². The van der Waals surface area contributed by atoms with Gasteiger partial charge in [0.2, 0.25) is 0 Å². The van der Waals surface area contributed by atoms with Crippen LogP contribution in [0.25, 0.3) is 10.9 Å². The van der Waals surface area contributed by atoms with Crippen LogP contribution < -0.4 is 5.32 Å². The maximum absolute atomic E-state index is 13.0. The van der Waals surface area contributed by atoms with Crippen LogP contribution in [0.15, 0.2) is 24.3 Å². The third kappa shape index (κ3) is 4.77. The van der Waals surface area contributed by atoms with Crippen LogP contribution in [0.4, 0.5) is 0 Å². The number of nitrogens with zero attached hydrogens (tertiary/aromatic N) is 1. The molecule has 0 radical (unpaired) electrons. The number of para-hydroxylation sites is 1. The van der Waals surface area contributed by atoms with Crippen molar-refractivity contribution in [2.24, 2.45) is 0 Å². The number of fused-ring (bicyclic) bond motifs is 2. The van der Waals surface area contributed by atoms with Crippen molar-refractivity contribution < 1.29 is 14.3 Å². The first-order valence-electron chi connectivity index (χ1n) is 11.1. The highest BCUT2D eigenvalue weighted by Gasteiger charge is 2.24. The van der Waals surface area contributed by atoms with E-state index in [1.165, 1.54) is 19.3 Å². The Kier molecular flexibility index (Phi) is 6.43. The number of carbonyl (C=O) groups excluding carboxylic acids is 2. The topological polar surface area (TPSA) is 68.3 Å². The number of rotatable bonds is 4. The molecule has 0 unspecified atom stereocenters. The van der Waals surface area contributed by atoms with Crippen molar-refractivity contribution in [1.82, 2.24) is 10.3 Å². The fourth-order valence-electron chi connectivity index (χ4n) is 4.68. The zero-order valence-corrected chi connectivity index (χ0v) is 17.0. The minimum Gasteiger partial charge on any atom is -0.452 e. The van der Waals surface area contributed by atoms with Crippen LogP contribution in [0, 0.1) is 0 Å². The maximum atomic E-state index is 13.0. The molecule has 0 aliphatic heterocycles. The zero-order chi connectivity index (χ0) is 20.1. The molecule has 1 heterocycles. The standard InChI is InChI=1S/C24H30N2O3/c27-22(25-17-10-4-2-1-3-5-11-17)16-29-24(28)23-18-12-6-8-14-20(18)26-21-15-9-7-13-19(21)23/h6,8,12,14,17H,1-5,7,9-11,13,15-16H2,(H,25,27). The third-order valence-corrected chi connectivity index (χ3v) is 6.18. The molecule has 1 fully saturated rings. The summed E-state index contributed by atoms with van der Waals surface area (Å²) in [7, 11) is 0. The van der Waals surface area contributed by atoms with Crippen LogP contribution in [0.3, 0.4) is 0 Å². The average Bonchev–Trinajstić information content (AvgIpc) is 2.72. The molecule has 4 rings (SSSR count). The van der Waals surface area contributed by atoms with Crippen molar-refractivity contribution in [3.63, 3.8) is 0 Å². The smallest absolute Gasteiger partial charge is 0.339 e. The summed E-state index contributed by atoms with van der Waals surface area (Å²) in [6, 6.07) is 7.90. The fourth-order valence-corrected chi connectivity index (χ4v) is 4.68. The van der Waals surface area contributed by atoms with E-state index in [9.17, 15) is 9.59 Å². The number of benzene rings is 1. The van der Waals surface area contributed by atoms with Crippen LogP contribution >= 0.6 is 0 Å². The van der Waals surface area contributed by atoms with Gasteiger partial charge >= 0.3 is 5.97 Å². The lowest BCUT2D eigenvalue weighted by molar-refractivity contribution is -0.125. The Hall–Kier alpha value is -2.43. The average molecular weight is 395 g/mol. The van der Waals surface area contributed by atoms with Gasteiger partial charge in [-0.15, -0.1) is 0 Å². The number of aromatic nitrogens is 1. The van der Waals surface area contributed by atoms with Gasteiger partial charge in [0.05, 0.1) is 11.1 Å². The van der Waals surface area contributed by atoms with E-state index in [-0.39, 0.29) is 18.6 Å². The molecule has 5 heteroatoms. The number of nitrogens with one attached hydrogen (secondary N) is 1. The molecule has 29 heavy (non-hydrogen) atoms. The molecule has 0 atom stereocenters. The Morgan fingerprint density at radius 3 is 2.52 bits per heavy atom. The van der Waals surface area contributed by atoms with E-state index in [2.05, 4.69) is 5.32 Å². The minimum absolute atomic E-state index is 0.198. The van der Waals surface area contributed by atoms with Gasteiger partial charge in [0.15, 0.2) is 6.61 Å². The van der Waals surface area contributed by atoms with Crippen molar-refractivity contribution in [2.45, 2.75) is 76.7 Å². The Labute approximate surface area is 172 Å². The summed E-state index contributed by atoms with van der Waals surface area (Å²) >= 11 is 0. The van der Waals surface area contributed by atoms with Gasteiger partial charge < -0.3 is 10.1 Å². The van der Waals surface area contributed by atoms with Gasteiger partial charge in [-0.25, -0.2) is 4.79 Å². The Morgan fingerprint density at radius 2 is 1.69 bits per heavy atom. The first kappa shape index (κ1) is 19.9.